The molecular formula is C44H75NO13. The Balaban J connectivity index is 1.82. The first-order chi connectivity index (χ1) is 28.1. The van der Waals surface area contributed by atoms with Crippen LogP contribution in [0.25, 0.3) is 0 Å². The summed E-state index contributed by atoms with van der Waals surface area (Å²) in [5.74, 6) is -0.250. The minimum atomic E-state index is -1.79. The lowest BCUT2D eigenvalue weighted by atomic mass is 9.97. The zero-order valence-corrected chi connectivity index (χ0v) is 34.8. The number of amides is 1. The molecule has 14 heteroatoms. The minimum Gasteiger partial charge on any atom is -0.394 e. The molecule has 0 aromatic rings. The molecule has 0 saturated carbocycles. The van der Waals surface area contributed by atoms with Crippen LogP contribution in [0.2, 0.25) is 0 Å². The summed E-state index contributed by atoms with van der Waals surface area (Å²) in [5, 5.41) is 86.0. The lowest BCUT2D eigenvalue weighted by Gasteiger charge is -2.46. The van der Waals surface area contributed by atoms with Gasteiger partial charge in [0.15, 0.2) is 12.6 Å². The van der Waals surface area contributed by atoms with Crippen LogP contribution in [0.1, 0.15) is 117 Å². The van der Waals surface area contributed by atoms with Gasteiger partial charge in [0.2, 0.25) is 5.91 Å². The van der Waals surface area contributed by atoms with Crippen molar-refractivity contribution in [1.29, 1.82) is 0 Å². The molecule has 14 nitrogen and oxygen atoms in total. The molecule has 9 N–H and O–H groups in total. The van der Waals surface area contributed by atoms with Crippen LogP contribution in [0.5, 0.6) is 0 Å². The number of carbonyl (C=O) groups excluding carboxylic acids is 1. The molecule has 0 aliphatic carbocycles. The van der Waals surface area contributed by atoms with Crippen molar-refractivity contribution < 1.29 is 64.6 Å². The van der Waals surface area contributed by atoms with Crippen molar-refractivity contribution >= 4 is 5.91 Å². The van der Waals surface area contributed by atoms with Crippen LogP contribution in [-0.2, 0) is 23.7 Å². The summed E-state index contributed by atoms with van der Waals surface area (Å²) in [4.78, 5) is 13.0. The van der Waals surface area contributed by atoms with Crippen LogP contribution in [0.15, 0.2) is 60.8 Å². The van der Waals surface area contributed by atoms with Crippen LogP contribution >= 0.6 is 0 Å². The quantitative estimate of drug-likeness (QED) is 0.0374. The van der Waals surface area contributed by atoms with Gasteiger partial charge in [-0.15, -0.1) is 0 Å². The number of hydrogen-bond acceptors (Lipinski definition) is 13. The molecule has 0 spiro atoms. The molecule has 1 amide bonds. The van der Waals surface area contributed by atoms with Gasteiger partial charge in [0.25, 0.3) is 0 Å². The Morgan fingerprint density at radius 3 is 1.79 bits per heavy atom. The van der Waals surface area contributed by atoms with E-state index in [0.29, 0.717) is 12.8 Å². The number of allylic oxidation sites excluding steroid dienone is 10. The third kappa shape index (κ3) is 19.8. The van der Waals surface area contributed by atoms with Gasteiger partial charge in [0.1, 0.15) is 48.8 Å². The highest BCUT2D eigenvalue weighted by molar-refractivity contribution is 5.76. The highest BCUT2D eigenvalue weighted by Gasteiger charge is 2.50. The van der Waals surface area contributed by atoms with E-state index in [1.165, 1.54) is 0 Å². The molecule has 58 heavy (non-hydrogen) atoms. The highest BCUT2D eigenvalue weighted by atomic mass is 16.7. The molecule has 2 aliphatic rings. The van der Waals surface area contributed by atoms with Crippen molar-refractivity contribution in [1.82, 2.24) is 5.32 Å². The molecule has 2 fully saturated rings. The molecule has 334 valence electrons. The van der Waals surface area contributed by atoms with Gasteiger partial charge in [-0.05, 0) is 57.8 Å². The van der Waals surface area contributed by atoms with E-state index in [1.54, 1.807) is 0 Å². The average Bonchev–Trinajstić information content (AvgIpc) is 3.22. The zero-order chi connectivity index (χ0) is 42.5. The molecule has 0 aromatic carbocycles. The van der Waals surface area contributed by atoms with E-state index in [4.69, 9.17) is 18.9 Å². The predicted molar refractivity (Wildman–Crippen MR) is 221 cm³/mol. The van der Waals surface area contributed by atoms with Crippen molar-refractivity contribution in [2.75, 3.05) is 19.8 Å². The largest absolute Gasteiger partial charge is 0.394 e. The van der Waals surface area contributed by atoms with E-state index < -0.39 is 86.8 Å². The molecule has 2 aliphatic heterocycles. The number of aliphatic hydroxyl groups excluding tert-OH is 8. The fraction of sp³-hybridized carbons (Fsp3) is 0.750. The summed E-state index contributed by atoms with van der Waals surface area (Å²) in [5.41, 5.74) is 0. The lowest BCUT2D eigenvalue weighted by molar-refractivity contribution is -0.359. The Morgan fingerprint density at radius 2 is 1.19 bits per heavy atom. The lowest BCUT2D eigenvalue weighted by Crippen LogP contribution is -2.65. The number of hydrogen-bond donors (Lipinski definition) is 9. The van der Waals surface area contributed by atoms with E-state index in [-0.39, 0.29) is 18.9 Å². The van der Waals surface area contributed by atoms with Crippen LogP contribution in [0.4, 0.5) is 0 Å². The summed E-state index contributed by atoms with van der Waals surface area (Å²) in [6.07, 6.45) is 18.6. The van der Waals surface area contributed by atoms with Crippen molar-refractivity contribution in [3.8, 4) is 0 Å². The van der Waals surface area contributed by atoms with Crippen molar-refractivity contribution in [3.63, 3.8) is 0 Å². The second kappa shape index (κ2) is 31.5. The maximum atomic E-state index is 13.0. The second-order valence-corrected chi connectivity index (χ2v) is 15.1. The molecule has 0 bridgehead atoms. The van der Waals surface area contributed by atoms with Gasteiger partial charge in [-0.2, -0.15) is 0 Å². The van der Waals surface area contributed by atoms with Gasteiger partial charge < -0.3 is 65.1 Å². The third-order valence-electron chi connectivity index (χ3n) is 10.2. The summed E-state index contributed by atoms with van der Waals surface area (Å²) in [6.45, 7) is 2.56. The molecule has 2 rings (SSSR count). The average molecular weight is 826 g/mol. The highest BCUT2D eigenvalue weighted by Crippen LogP contribution is 2.30. The first-order valence-electron chi connectivity index (χ1n) is 21.5. The van der Waals surface area contributed by atoms with Crippen molar-refractivity contribution in [2.24, 2.45) is 0 Å². The first kappa shape index (κ1) is 51.8. The summed E-state index contributed by atoms with van der Waals surface area (Å²) in [7, 11) is 0. The summed E-state index contributed by atoms with van der Waals surface area (Å²) in [6, 6.07) is -0.844. The van der Waals surface area contributed by atoms with Gasteiger partial charge in [-0.25, -0.2) is 0 Å². The van der Waals surface area contributed by atoms with Gasteiger partial charge in [0, 0.05) is 6.42 Å². The number of aliphatic hydroxyl groups is 8. The summed E-state index contributed by atoms with van der Waals surface area (Å²) >= 11 is 0. The smallest absolute Gasteiger partial charge is 0.220 e. The van der Waals surface area contributed by atoms with Crippen molar-refractivity contribution in [3.05, 3.63) is 60.8 Å². The van der Waals surface area contributed by atoms with Gasteiger partial charge in [-0.1, -0.05) is 113 Å². The van der Waals surface area contributed by atoms with E-state index in [1.807, 2.05) is 0 Å². The number of unbranched alkanes of at least 4 members (excludes halogenated alkanes) is 7. The molecule has 12 atom stereocenters. The third-order valence-corrected chi connectivity index (χ3v) is 10.2. The number of nitrogens with one attached hydrogen (secondary N) is 1. The normalized spacial score (nSPS) is 29.4. The number of rotatable bonds is 30. The Bertz CT molecular complexity index is 1210. The molecular weight excluding hydrogens is 750 g/mol. The van der Waals surface area contributed by atoms with Crippen molar-refractivity contribution in [2.45, 2.75) is 190 Å². The van der Waals surface area contributed by atoms with E-state index in [9.17, 15) is 45.6 Å². The second-order valence-electron chi connectivity index (χ2n) is 15.1. The topological polar surface area (TPSA) is 228 Å². The Kier molecular flexibility index (Phi) is 28.2. The molecule has 2 heterocycles. The van der Waals surface area contributed by atoms with Crippen LogP contribution in [0.3, 0.4) is 0 Å². The molecule has 0 aromatic heterocycles. The van der Waals surface area contributed by atoms with E-state index >= 15 is 0 Å². The predicted octanol–water partition coefficient (Wildman–Crippen LogP) is 3.54. The van der Waals surface area contributed by atoms with Crippen LogP contribution in [0, 0.1) is 0 Å². The molecule has 2 saturated heterocycles. The van der Waals surface area contributed by atoms with E-state index in [2.05, 4.69) is 79.9 Å². The fourth-order valence-electron chi connectivity index (χ4n) is 6.67. The minimum absolute atomic E-state index is 0.250. The zero-order valence-electron chi connectivity index (χ0n) is 34.8. The number of carbonyl (C=O) groups is 1. The fourth-order valence-corrected chi connectivity index (χ4v) is 6.67. The standard InChI is InChI=1S/C44H75NO13/c1-3-5-7-9-10-11-12-13-14-15-16-17-18-19-20-21-22-24-26-28-36(49)45-32(33(48)27-25-23-8-6-4-2)31-55-43-41(54)39(52)42(35(30-47)57-43)58-44-40(53)38(51)37(50)34(29-46)56-44/h5,7,10-11,13-14,16-17,19-20,32-35,37-44,46-48,50-54H,3-4,6,8-9,12,15,18,21-31H2,1-2H3,(H,45,49)/b7-5-,11-10-,14-13-,17-16-,20-19-. The Hall–Kier alpha value is -2.31. The monoisotopic (exact) mass is 826 g/mol. The maximum Gasteiger partial charge on any atom is 0.220 e. The van der Waals surface area contributed by atoms with Crippen LogP contribution < -0.4 is 5.32 Å². The van der Waals surface area contributed by atoms with E-state index in [0.717, 1.165) is 83.5 Å². The number of ether oxygens (including phenoxy) is 4. The SMILES string of the molecule is CC/C=C\C/C=C\C/C=C\C/C=C\C/C=C\CCCCCC(=O)NC(COC1OC(CO)C(OC2OC(CO)C(O)C(O)C2O)C(O)C1O)C(O)CCCCCCC. The maximum absolute atomic E-state index is 13.0. The summed E-state index contributed by atoms with van der Waals surface area (Å²) < 4.78 is 22.5. The molecule has 12 unspecified atom stereocenters. The van der Waals surface area contributed by atoms with Gasteiger partial charge in [-0.3, -0.25) is 4.79 Å². The van der Waals surface area contributed by atoms with Gasteiger partial charge in [0.05, 0.1) is 32.0 Å². The van der Waals surface area contributed by atoms with Crippen LogP contribution in [-0.4, -0.2) is 140 Å². The Labute approximate surface area is 345 Å². The van der Waals surface area contributed by atoms with Gasteiger partial charge >= 0.3 is 0 Å². The molecule has 0 radical (unpaired) electrons. The first-order valence-corrected chi connectivity index (χ1v) is 21.5. The Morgan fingerprint density at radius 1 is 0.638 bits per heavy atom.